The molecule has 2 aromatic carbocycles. The molecule has 0 amide bonds. The lowest BCUT2D eigenvalue weighted by Gasteiger charge is -2.30. The zero-order valence-corrected chi connectivity index (χ0v) is 19.7. The minimum absolute atomic E-state index is 0.184. The minimum atomic E-state index is -3.55. The molecule has 1 saturated heterocycles. The van der Waals surface area contributed by atoms with Gasteiger partial charge in [-0.3, -0.25) is 5.43 Å². The van der Waals surface area contributed by atoms with Gasteiger partial charge in [0.05, 0.1) is 21.8 Å². The van der Waals surface area contributed by atoms with Crippen LogP contribution in [-0.2, 0) is 10.0 Å². The molecule has 32 heavy (non-hydrogen) atoms. The highest BCUT2D eigenvalue weighted by atomic mass is 35.5. The van der Waals surface area contributed by atoms with Crippen LogP contribution in [-0.4, -0.2) is 37.0 Å². The summed E-state index contributed by atoms with van der Waals surface area (Å²) in [4.78, 5) is 4.73. The predicted octanol–water partition coefficient (Wildman–Crippen LogP) is 5.47. The maximum atomic E-state index is 13.8. The fourth-order valence-corrected chi connectivity index (χ4v) is 6.10. The quantitative estimate of drug-likeness (QED) is 0.366. The van der Waals surface area contributed by atoms with Crippen molar-refractivity contribution in [1.82, 2.24) is 9.29 Å². The Kier molecular flexibility index (Phi) is 6.90. The second-order valence-corrected chi connectivity index (χ2v) is 10.9. The highest BCUT2D eigenvalue weighted by Crippen LogP contribution is 2.29. The SMILES string of the molecule is CC1CCCN(S(=O)(=O)c2cccc(-c3csc(NN=Cc4c(F)cccc4Cl)n3)c2)C1. The van der Waals surface area contributed by atoms with Gasteiger partial charge in [-0.2, -0.15) is 9.41 Å². The fourth-order valence-electron chi connectivity index (χ4n) is 3.57. The van der Waals surface area contributed by atoms with Crippen LogP contribution in [0, 0.1) is 11.7 Å². The molecule has 1 aliphatic heterocycles. The van der Waals surface area contributed by atoms with E-state index in [4.69, 9.17) is 11.6 Å². The van der Waals surface area contributed by atoms with Crippen molar-refractivity contribution in [2.75, 3.05) is 18.5 Å². The van der Waals surface area contributed by atoms with Crippen LogP contribution in [0.4, 0.5) is 9.52 Å². The van der Waals surface area contributed by atoms with Crippen LogP contribution in [0.3, 0.4) is 0 Å². The molecule has 0 spiro atoms. The first-order chi connectivity index (χ1) is 15.3. The zero-order valence-electron chi connectivity index (χ0n) is 17.3. The molecular weight excluding hydrogens is 471 g/mol. The Bertz CT molecular complexity index is 1230. The molecule has 1 aliphatic rings. The average Bonchev–Trinajstić information content (AvgIpc) is 3.25. The minimum Gasteiger partial charge on any atom is -0.253 e. The molecule has 0 aliphatic carbocycles. The van der Waals surface area contributed by atoms with Crippen LogP contribution < -0.4 is 5.43 Å². The first-order valence-electron chi connectivity index (χ1n) is 10.1. The van der Waals surface area contributed by atoms with Gasteiger partial charge in [-0.15, -0.1) is 11.3 Å². The first kappa shape index (κ1) is 22.8. The van der Waals surface area contributed by atoms with Crippen LogP contribution in [0.2, 0.25) is 5.02 Å². The van der Waals surface area contributed by atoms with Crippen LogP contribution in [0.1, 0.15) is 25.3 Å². The average molecular weight is 493 g/mol. The number of piperidine rings is 1. The number of nitrogens with zero attached hydrogens (tertiary/aromatic N) is 3. The Balaban J connectivity index is 1.50. The van der Waals surface area contributed by atoms with Gasteiger partial charge in [-0.1, -0.05) is 36.7 Å². The lowest BCUT2D eigenvalue weighted by Crippen LogP contribution is -2.39. The van der Waals surface area contributed by atoms with Crippen molar-refractivity contribution in [3.63, 3.8) is 0 Å². The van der Waals surface area contributed by atoms with Gasteiger partial charge in [0.2, 0.25) is 15.2 Å². The predicted molar refractivity (Wildman–Crippen MR) is 127 cm³/mol. The maximum Gasteiger partial charge on any atom is 0.243 e. The zero-order chi connectivity index (χ0) is 22.7. The summed E-state index contributed by atoms with van der Waals surface area (Å²) in [6.07, 6.45) is 3.22. The summed E-state index contributed by atoms with van der Waals surface area (Å²) in [6.45, 7) is 3.16. The Morgan fingerprint density at radius 3 is 2.91 bits per heavy atom. The third-order valence-corrected chi connectivity index (χ3v) is 8.18. The van der Waals surface area contributed by atoms with Crippen molar-refractivity contribution < 1.29 is 12.8 Å². The number of thiazole rings is 1. The number of rotatable bonds is 6. The highest BCUT2D eigenvalue weighted by molar-refractivity contribution is 7.89. The third-order valence-electron chi connectivity index (χ3n) is 5.25. The van der Waals surface area contributed by atoms with E-state index in [2.05, 4.69) is 22.4 Å². The summed E-state index contributed by atoms with van der Waals surface area (Å²) in [6, 6.07) is 11.2. The maximum absolute atomic E-state index is 13.8. The van der Waals surface area contributed by atoms with E-state index in [0.29, 0.717) is 35.4 Å². The van der Waals surface area contributed by atoms with Crippen molar-refractivity contribution in [2.45, 2.75) is 24.7 Å². The summed E-state index contributed by atoms with van der Waals surface area (Å²) in [7, 11) is -3.55. The number of sulfonamides is 1. The molecule has 1 atom stereocenters. The molecule has 10 heteroatoms. The van der Waals surface area contributed by atoms with Crippen molar-refractivity contribution in [1.29, 1.82) is 0 Å². The lowest BCUT2D eigenvalue weighted by molar-refractivity contribution is 0.281. The van der Waals surface area contributed by atoms with Crippen LogP contribution >= 0.6 is 22.9 Å². The Morgan fingerprint density at radius 2 is 2.12 bits per heavy atom. The molecule has 3 aromatic rings. The van der Waals surface area contributed by atoms with E-state index in [9.17, 15) is 12.8 Å². The Hall–Kier alpha value is -2.33. The number of halogens is 2. The Labute approximate surface area is 195 Å². The summed E-state index contributed by atoms with van der Waals surface area (Å²) in [5, 5.41) is 6.57. The molecule has 1 fully saturated rings. The molecule has 0 bridgehead atoms. The Morgan fingerprint density at radius 1 is 1.31 bits per heavy atom. The van der Waals surface area contributed by atoms with E-state index in [1.165, 1.54) is 29.7 Å². The van der Waals surface area contributed by atoms with E-state index in [1.54, 1.807) is 28.6 Å². The topological polar surface area (TPSA) is 74.7 Å². The fraction of sp³-hybridized carbons (Fsp3) is 0.273. The number of benzene rings is 2. The molecule has 1 N–H and O–H groups in total. The molecule has 0 radical (unpaired) electrons. The van der Waals surface area contributed by atoms with E-state index in [1.807, 2.05) is 11.4 Å². The van der Waals surface area contributed by atoms with Gasteiger partial charge in [0.25, 0.3) is 0 Å². The molecule has 0 saturated carbocycles. The lowest BCUT2D eigenvalue weighted by atomic mass is 10.0. The van der Waals surface area contributed by atoms with Crippen molar-refractivity contribution in [3.05, 3.63) is 64.2 Å². The van der Waals surface area contributed by atoms with Gasteiger partial charge in [-0.25, -0.2) is 17.8 Å². The number of hydrazone groups is 1. The number of nitrogens with one attached hydrogen (secondary N) is 1. The first-order valence-corrected chi connectivity index (χ1v) is 12.8. The van der Waals surface area contributed by atoms with E-state index in [-0.39, 0.29) is 15.5 Å². The normalized spacial score (nSPS) is 17.7. The second-order valence-electron chi connectivity index (χ2n) is 7.68. The van der Waals surface area contributed by atoms with E-state index >= 15 is 0 Å². The smallest absolute Gasteiger partial charge is 0.243 e. The molecule has 6 nitrogen and oxygen atoms in total. The standard InChI is InChI=1S/C22H22ClFN4O2S2/c1-15-5-4-10-28(13-15)32(29,30)17-7-2-6-16(11-17)21-14-31-22(26-21)27-25-12-18-19(23)8-3-9-20(18)24/h2-3,6-9,11-12,14-15H,4-5,10,13H2,1H3,(H,26,27). The van der Waals surface area contributed by atoms with Gasteiger partial charge in [0, 0.05) is 29.6 Å². The molecule has 1 unspecified atom stereocenters. The highest BCUT2D eigenvalue weighted by Gasteiger charge is 2.28. The monoisotopic (exact) mass is 492 g/mol. The van der Waals surface area contributed by atoms with Crippen LogP contribution in [0.25, 0.3) is 11.3 Å². The summed E-state index contributed by atoms with van der Waals surface area (Å²) >= 11 is 7.29. The van der Waals surface area contributed by atoms with Gasteiger partial charge in [-0.05, 0) is 43.0 Å². The summed E-state index contributed by atoms with van der Waals surface area (Å²) < 4.78 is 41.6. The molecular formula is C22H22ClFN4O2S2. The number of aromatic nitrogens is 1. The van der Waals surface area contributed by atoms with Gasteiger partial charge < -0.3 is 0 Å². The molecule has 4 rings (SSSR count). The van der Waals surface area contributed by atoms with Crippen molar-refractivity contribution >= 4 is 44.3 Å². The molecule has 1 aromatic heterocycles. The van der Waals surface area contributed by atoms with Gasteiger partial charge >= 0.3 is 0 Å². The molecule has 168 valence electrons. The summed E-state index contributed by atoms with van der Waals surface area (Å²) in [5.74, 6) is -0.113. The number of hydrogen-bond acceptors (Lipinski definition) is 6. The summed E-state index contributed by atoms with van der Waals surface area (Å²) in [5.41, 5.74) is 4.27. The largest absolute Gasteiger partial charge is 0.253 e. The van der Waals surface area contributed by atoms with E-state index in [0.717, 1.165) is 12.8 Å². The third kappa shape index (κ3) is 5.01. The van der Waals surface area contributed by atoms with E-state index < -0.39 is 15.8 Å². The van der Waals surface area contributed by atoms with Crippen LogP contribution in [0.5, 0.6) is 0 Å². The van der Waals surface area contributed by atoms with Crippen molar-refractivity contribution in [3.8, 4) is 11.3 Å². The molecule has 2 heterocycles. The number of hydrogen-bond donors (Lipinski definition) is 1. The van der Waals surface area contributed by atoms with Crippen molar-refractivity contribution in [2.24, 2.45) is 11.0 Å². The second kappa shape index (κ2) is 9.66. The number of anilines is 1. The van der Waals surface area contributed by atoms with Gasteiger partial charge in [0.15, 0.2) is 0 Å². The van der Waals surface area contributed by atoms with Gasteiger partial charge in [0.1, 0.15) is 5.82 Å². The van der Waals surface area contributed by atoms with Crippen LogP contribution in [0.15, 0.2) is 57.8 Å².